The Balaban J connectivity index is 2.63. The molecule has 0 aromatic heterocycles. The number of hydrogen-bond acceptors (Lipinski definition) is 2. The molecule has 1 radical (unpaired) electrons. The van der Waals surface area contributed by atoms with Gasteiger partial charge >= 0.3 is 0 Å². The lowest BCUT2D eigenvalue weighted by atomic mass is 9.99. The van der Waals surface area contributed by atoms with Crippen molar-refractivity contribution in [1.82, 2.24) is 10.2 Å². The van der Waals surface area contributed by atoms with Gasteiger partial charge in [0, 0.05) is 19.6 Å². The van der Waals surface area contributed by atoms with E-state index in [4.69, 9.17) is 5.73 Å². The molecule has 63 valence electrons. The first-order valence-corrected chi connectivity index (χ1v) is 3.72. The number of hydrogen-bond donors (Lipinski definition) is 1. The van der Waals surface area contributed by atoms with Gasteiger partial charge in [0.25, 0.3) is 0 Å². The highest BCUT2D eigenvalue weighted by molar-refractivity contribution is 5.84. The fraction of sp³-hybridized carbons (Fsp3) is 0.857. The fourth-order valence-electron chi connectivity index (χ4n) is 1.28. The van der Waals surface area contributed by atoms with E-state index in [1.807, 2.05) is 7.05 Å². The molecule has 0 saturated carbocycles. The molecule has 1 saturated heterocycles. The number of nitrogens with two attached hydrogens (primary N) is 1. The lowest BCUT2D eigenvalue weighted by molar-refractivity contribution is -0.125. The van der Waals surface area contributed by atoms with Crippen LogP contribution in [-0.2, 0) is 4.79 Å². The molecule has 4 nitrogen and oxygen atoms in total. The number of piperazine rings is 1. The number of carbonyl (C=O) groups is 1. The molecule has 1 unspecified atom stereocenters. The van der Waals surface area contributed by atoms with Gasteiger partial charge in [0.15, 0.2) is 0 Å². The monoisotopic (exact) mass is 156 g/mol. The number of amides is 1. The van der Waals surface area contributed by atoms with Gasteiger partial charge in [0.2, 0.25) is 5.91 Å². The fourth-order valence-corrected chi connectivity index (χ4v) is 1.28. The predicted octanol–water partition coefficient (Wildman–Crippen LogP) is -1.22. The third-order valence-electron chi connectivity index (χ3n) is 2.05. The van der Waals surface area contributed by atoms with Crippen molar-refractivity contribution in [1.29, 1.82) is 0 Å². The minimum Gasteiger partial charge on any atom is -0.368 e. The lowest BCUT2D eigenvalue weighted by Gasteiger charge is -2.35. The summed E-state index contributed by atoms with van der Waals surface area (Å²) in [7, 11) is 1.97. The summed E-state index contributed by atoms with van der Waals surface area (Å²) in [5.41, 5.74) is 4.54. The van der Waals surface area contributed by atoms with Gasteiger partial charge in [-0.15, -0.1) is 0 Å². The number of primary amides is 1. The Bertz CT molecular complexity index is 171. The van der Waals surface area contributed by atoms with E-state index in [0.717, 1.165) is 6.54 Å². The highest BCUT2D eigenvalue weighted by Gasteiger charge is 2.35. The molecule has 0 bridgehead atoms. The number of nitrogens with zero attached hydrogens (tertiary/aromatic N) is 2. The van der Waals surface area contributed by atoms with Crippen molar-refractivity contribution in [2.45, 2.75) is 12.5 Å². The SMILES string of the molecule is CN1CC[N]C(C)(C(N)=O)C1. The van der Waals surface area contributed by atoms with Gasteiger partial charge in [-0.2, -0.15) is 0 Å². The van der Waals surface area contributed by atoms with E-state index in [-0.39, 0.29) is 5.91 Å². The van der Waals surface area contributed by atoms with Crippen molar-refractivity contribution in [3.05, 3.63) is 0 Å². The zero-order chi connectivity index (χ0) is 8.48. The van der Waals surface area contributed by atoms with Gasteiger partial charge in [0.1, 0.15) is 5.54 Å². The molecule has 1 heterocycles. The first kappa shape index (κ1) is 8.49. The molecule has 2 N–H and O–H groups in total. The van der Waals surface area contributed by atoms with Crippen molar-refractivity contribution >= 4 is 5.91 Å². The van der Waals surface area contributed by atoms with Crippen LogP contribution in [0, 0.1) is 0 Å². The number of carbonyl (C=O) groups excluding carboxylic acids is 1. The standard InChI is InChI=1S/C7H14N3O/c1-7(6(8)11)5-10(2)4-3-9-7/h3-5H2,1-2H3,(H2,8,11). The Morgan fingerprint density at radius 3 is 2.73 bits per heavy atom. The first-order chi connectivity index (χ1) is 5.04. The highest BCUT2D eigenvalue weighted by atomic mass is 16.1. The Morgan fingerprint density at radius 1 is 1.73 bits per heavy atom. The van der Waals surface area contributed by atoms with Gasteiger partial charge in [-0.05, 0) is 14.0 Å². The molecule has 1 aliphatic heterocycles. The van der Waals surface area contributed by atoms with Crippen LogP contribution in [0.15, 0.2) is 0 Å². The summed E-state index contributed by atoms with van der Waals surface area (Å²) in [6, 6.07) is 0. The molecule has 0 aromatic carbocycles. The van der Waals surface area contributed by atoms with E-state index in [1.54, 1.807) is 6.92 Å². The van der Waals surface area contributed by atoms with Crippen LogP contribution in [0.2, 0.25) is 0 Å². The largest absolute Gasteiger partial charge is 0.368 e. The van der Waals surface area contributed by atoms with Crippen molar-refractivity contribution in [3.8, 4) is 0 Å². The van der Waals surface area contributed by atoms with E-state index in [0.29, 0.717) is 13.1 Å². The normalized spacial score (nSPS) is 33.6. The number of likely N-dealkylation sites (N-methyl/N-ethyl adjacent to an activating group) is 1. The van der Waals surface area contributed by atoms with Crippen LogP contribution in [0.5, 0.6) is 0 Å². The van der Waals surface area contributed by atoms with E-state index in [2.05, 4.69) is 10.2 Å². The summed E-state index contributed by atoms with van der Waals surface area (Å²) in [5, 5.41) is 4.20. The molecular formula is C7H14N3O. The van der Waals surface area contributed by atoms with Crippen molar-refractivity contribution in [2.24, 2.45) is 5.73 Å². The average Bonchev–Trinajstić information content (AvgIpc) is 1.86. The van der Waals surface area contributed by atoms with Crippen LogP contribution in [0.4, 0.5) is 0 Å². The summed E-state index contributed by atoms with van der Waals surface area (Å²) in [5.74, 6) is -0.330. The van der Waals surface area contributed by atoms with Crippen LogP contribution in [-0.4, -0.2) is 43.0 Å². The van der Waals surface area contributed by atoms with Crippen LogP contribution < -0.4 is 11.1 Å². The summed E-state index contributed by atoms with van der Waals surface area (Å²) >= 11 is 0. The van der Waals surface area contributed by atoms with Crippen molar-refractivity contribution in [2.75, 3.05) is 26.7 Å². The number of rotatable bonds is 1. The second-order valence-corrected chi connectivity index (χ2v) is 3.26. The second kappa shape index (κ2) is 2.79. The molecule has 1 aliphatic rings. The summed E-state index contributed by atoms with van der Waals surface area (Å²) < 4.78 is 0. The zero-order valence-electron chi connectivity index (χ0n) is 7.00. The Morgan fingerprint density at radius 2 is 2.36 bits per heavy atom. The zero-order valence-corrected chi connectivity index (χ0v) is 7.00. The topological polar surface area (TPSA) is 60.4 Å². The molecule has 0 spiro atoms. The smallest absolute Gasteiger partial charge is 0.240 e. The van der Waals surface area contributed by atoms with Crippen LogP contribution in [0.25, 0.3) is 0 Å². The average molecular weight is 156 g/mol. The van der Waals surface area contributed by atoms with Crippen molar-refractivity contribution in [3.63, 3.8) is 0 Å². The van der Waals surface area contributed by atoms with E-state index in [9.17, 15) is 4.79 Å². The molecule has 0 aromatic rings. The second-order valence-electron chi connectivity index (χ2n) is 3.26. The predicted molar refractivity (Wildman–Crippen MR) is 42.1 cm³/mol. The summed E-state index contributed by atoms with van der Waals surface area (Å²) in [4.78, 5) is 13.0. The maximum Gasteiger partial charge on any atom is 0.240 e. The molecule has 11 heavy (non-hydrogen) atoms. The third-order valence-corrected chi connectivity index (χ3v) is 2.05. The summed E-state index contributed by atoms with van der Waals surface area (Å²) in [6.07, 6.45) is 0. The van der Waals surface area contributed by atoms with Crippen LogP contribution >= 0.6 is 0 Å². The molecule has 0 aliphatic carbocycles. The third kappa shape index (κ3) is 1.70. The molecule has 1 rings (SSSR count). The molecule has 1 amide bonds. The van der Waals surface area contributed by atoms with Crippen LogP contribution in [0.3, 0.4) is 0 Å². The minimum absolute atomic E-state index is 0.330. The van der Waals surface area contributed by atoms with Crippen LogP contribution in [0.1, 0.15) is 6.92 Å². The van der Waals surface area contributed by atoms with E-state index < -0.39 is 5.54 Å². The Hall–Kier alpha value is -0.610. The van der Waals surface area contributed by atoms with E-state index >= 15 is 0 Å². The molecule has 4 heteroatoms. The molecular weight excluding hydrogens is 142 g/mol. The maximum atomic E-state index is 10.9. The van der Waals surface area contributed by atoms with Gasteiger partial charge in [0.05, 0.1) is 0 Å². The highest BCUT2D eigenvalue weighted by Crippen LogP contribution is 2.10. The Labute approximate surface area is 66.7 Å². The first-order valence-electron chi connectivity index (χ1n) is 3.72. The molecule has 1 atom stereocenters. The summed E-state index contributed by atoms with van der Waals surface area (Å²) in [6.45, 7) is 4.05. The lowest BCUT2D eigenvalue weighted by Crippen LogP contribution is -2.60. The van der Waals surface area contributed by atoms with Crippen molar-refractivity contribution < 1.29 is 4.79 Å². The Kier molecular flexibility index (Phi) is 2.15. The van der Waals surface area contributed by atoms with E-state index in [1.165, 1.54) is 0 Å². The molecule has 1 fully saturated rings. The van der Waals surface area contributed by atoms with Gasteiger partial charge in [-0.3, -0.25) is 4.79 Å². The van der Waals surface area contributed by atoms with Gasteiger partial charge in [-0.25, -0.2) is 5.32 Å². The van der Waals surface area contributed by atoms with Gasteiger partial charge in [-0.1, -0.05) is 0 Å². The maximum absolute atomic E-state index is 10.9. The van der Waals surface area contributed by atoms with Gasteiger partial charge < -0.3 is 10.6 Å². The quantitative estimate of drug-likeness (QED) is 0.517. The minimum atomic E-state index is -0.660.